The fourth-order valence-corrected chi connectivity index (χ4v) is 4.03. The van der Waals surface area contributed by atoms with E-state index in [-0.39, 0.29) is 6.04 Å². The van der Waals surface area contributed by atoms with Crippen molar-refractivity contribution in [3.05, 3.63) is 36.0 Å². The molecule has 1 fully saturated rings. The van der Waals surface area contributed by atoms with Crippen molar-refractivity contribution < 1.29 is 8.42 Å². The first-order valence-electron chi connectivity index (χ1n) is 6.65. The first-order chi connectivity index (χ1) is 9.58. The van der Waals surface area contributed by atoms with E-state index in [1.165, 1.54) is 0 Å². The summed E-state index contributed by atoms with van der Waals surface area (Å²) in [5, 5.41) is 3.83. The average Bonchev–Trinajstić information content (AvgIpc) is 2.91. The molecule has 5 nitrogen and oxygen atoms in total. The van der Waals surface area contributed by atoms with Crippen molar-refractivity contribution in [2.45, 2.75) is 24.3 Å². The normalized spacial score (nSPS) is 19.6. The Hall–Kier alpha value is -1.50. The molecule has 1 saturated heterocycles. The van der Waals surface area contributed by atoms with Gasteiger partial charge in [0, 0.05) is 24.2 Å². The van der Waals surface area contributed by atoms with Gasteiger partial charge in [0.15, 0.2) is 0 Å². The van der Waals surface area contributed by atoms with E-state index in [0.29, 0.717) is 16.8 Å². The molecule has 0 unspecified atom stereocenters. The highest BCUT2D eigenvalue weighted by atomic mass is 32.2. The van der Waals surface area contributed by atoms with Crippen molar-refractivity contribution in [3.8, 4) is 0 Å². The molecule has 1 aromatic heterocycles. The van der Waals surface area contributed by atoms with Gasteiger partial charge in [-0.25, -0.2) is 13.1 Å². The average molecular weight is 291 g/mol. The summed E-state index contributed by atoms with van der Waals surface area (Å²) in [6, 6.07) is 6.99. The smallest absolute Gasteiger partial charge is 0.241 e. The fraction of sp³-hybridized carbons (Fsp3) is 0.357. The molecular formula is C14H17N3O2S. The van der Waals surface area contributed by atoms with Crippen LogP contribution >= 0.6 is 0 Å². The van der Waals surface area contributed by atoms with E-state index in [4.69, 9.17) is 0 Å². The van der Waals surface area contributed by atoms with Crippen molar-refractivity contribution in [2.24, 2.45) is 0 Å². The van der Waals surface area contributed by atoms with E-state index < -0.39 is 10.0 Å². The standard InChI is InChI=1S/C14H17N3O2S/c1-10-4-5-13(12-3-2-7-16-14(10)12)20(18,19)17-11-6-8-15-9-11/h2-5,7,11,15,17H,6,8-9H2,1H3/t11-/m0/s1. The lowest BCUT2D eigenvalue weighted by molar-refractivity contribution is 0.561. The van der Waals surface area contributed by atoms with Crippen LogP contribution in [-0.2, 0) is 10.0 Å². The molecule has 3 rings (SSSR count). The van der Waals surface area contributed by atoms with Crippen LogP contribution in [0.5, 0.6) is 0 Å². The van der Waals surface area contributed by atoms with Gasteiger partial charge in [-0.2, -0.15) is 0 Å². The number of benzene rings is 1. The zero-order valence-electron chi connectivity index (χ0n) is 11.3. The van der Waals surface area contributed by atoms with Crippen molar-refractivity contribution in [3.63, 3.8) is 0 Å². The molecule has 1 aliphatic heterocycles. The molecular weight excluding hydrogens is 274 g/mol. The molecule has 0 radical (unpaired) electrons. The molecule has 0 spiro atoms. The largest absolute Gasteiger partial charge is 0.315 e. The Morgan fingerprint density at radius 1 is 1.35 bits per heavy atom. The zero-order valence-corrected chi connectivity index (χ0v) is 12.1. The van der Waals surface area contributed by atoms with Gasteiger partial charge in [-0.05, 0) is 43.7 Å². The summed E-state index contributed by atoms with van der Waals surface area (Å²) in [5.41, 5.74) is 1.71. The van der Waals surface area contributed by atoms with Gasteiger partial charge in [-0.3, -0.25) is 4.98 Å². The molecule has 1 aliphatic rings. The second-order valence-electron chi connectivity index (χ2n) is 5.09. The molecule has 2 aromatic rings. The Morgan fingerprint density at radius 3 is 2.95 bits per heavy atom. The van der Waals surface area contributed by atoms with Crippen LogP contribution < -0.4 is 10.0 Å². The van der Waals surface area contributed by atoms with Crippen LogP contribution in [0.3, 0.4) is 0 Å². The lowest BCUT2D eigenvalue weighted by Gasteiger charge is -2.14. The maximum atomic E-state index is 12.5. The Morgan fingerprint density at radius 2 is 2.20 bits per heavy atom. The highest BCUT2D eigenvalue weighted by Crippen LogP contribution is 2.24. The molecule has 0 bridgehead atoms. The molecule has 2 N–H and O–H groups in total. The fourth-order valence-electron chi connectivity index (χ4n) is 2.56. The number of pyridine rings is 1. The minimum atomic E-state index is -3.52. The summed E-state index contributed by atoms with van der Waals surface area (Å²) in [4.78, 5) is 4.59. The number of nitrogens with zero attached hydrogens (tertiary/aromatic N) is 1. The number of fused-ring (bicyclic) bond motifs is 1. The number of sulfonamides is 1. The topological polar surface area (TPSA) is 71.1 Å². The van der Waals surface area contributed by atoms with Gasteiger partial charge in [0.05, 0.1) is 10.4 Å². The third-order valence-corrected chi connectivity index (χ3v) is 5.18. The predicted octanol–water partition coefficient (Wildman–Crippen LogP) is 1.18. The maximum Gasteiger partial charge on any atom is 0.241 e. The van der Waals surface area contributed by atoms with Gasteiger partial charge in [0.1, 0.15) is 0 Å². The van der Waals surface area contributed by atoms with Crippen LogP contribution in [-0.4, -0.2) is 32.5 Å². The highest BCUT2D eigenvalue weighted by molar-refractivity contribution is 7.89. The van der Waals surface area contributed by atoms with Crippen LogP contribution in [0.25, 0.3) is 10.9 Å². The molecule has 1 aromatic carbocycles. The van der Waals surface area contributed by atoms with E-state index in [2.05, 4.69) is 15.0 Å². The Kier molecular flexibility index (Phi) is 3.45. The number of aromatic nitrogens is 1. The van der Waals surface area contributed by atoms with Crippen LogP contribution in [0.15, 0.2) is 35.4 Å². The van der Waals surface area contributed by atoms with Crippen LogP contribution in [0.1, 0.15) is 12.0 Å². The third-order valence-electron chi connectivity index (χ3n) is 3.60. The van der Waals surface area contributed by atoms with Gasteiger partial charge in [0.25, 0.3) is 0 Å². The second-order valence-corrected chi connectivity index (χ2v) is 6.77. The Bertz CT molecular complexity index is 737. The van der Waals surface area contributed by atoms with Crippen molar-refractivity contribution >= 4 is 20.9 Å². The first kappa shape index (κ1) is 13.5. The van der Waals surface area contributed by atoms with E-state index in [9.17, 15) is 8.42 Å². The Labute approximate surface area is 118 Å². The summed E-state index contributed by atoms with van der Waals surface area (Å²) < 4.78 is 27.9. The van der Waals surface area contributed by atoms with Crippen molar-refractivity contribution in [1.29, 1.82) is 0 Å². The van der Waals surface area contributed by atoms with E-state index >= 15 is 0 Å². The van der Waals surface area contributed by atoms with Crippen LogP contribution in [0.4, 0.5) is 0 Å². The number of hydrogen-bond donors (Lipinski definition) is 2. The number of hydrogen-bond acceptors (Lipinski definition) is 4. The number of rotatable bonds is 3. The third kappa shape index (κ3) is 2.42. The lowest BCUT2D eigenvalue weighted by atomic mass is 10.1. The van der Waals surface area contributed by atoms with E-state index in [1.807, 2.05) is 6.92 Å². The first-order valence-corrected chi connectivity index (χ1v) is 8.13. The summed E-state index contributed by atoms with van der Waals surface area (Å²) >= 11 is 0. The summed E-state index contributed by atoms with van der Waals surface area (Å²) in [6.07, 6.45) is 2.50. The van der Waals surface area contributed by atoms with Gasteiger partial charge < -0.3 is 5.32 Å². The molecule has 2 heterocycles. The van der Waals surface area contributed by atoms with Gasteiger partial charge in [-0.15, -0.1) is 0 Å². The quantitative estimate of drug-likeness (QED) is 0.891. The molecule has 0 amide bonds. The minimum Gasteiger partial charge on any atom is -0.315 e. The summed E-state index contributed by atoms with van der Waals surface area (Å²) in [5.74, 6) is 0. The molecule has 106 valence electrons. The molecule has 0 saturated carbocycles. The Balaban J connectivity index is 2.07. The maximum absolute atomic E-state index is 12.5. The SMILES string of the molecule is Cc1ccc(S(=O)(=O)N[C@H]2CCNC2)c2cccnc12. The molecule has 1 atom stereocenters. The van der Waals surface area contributed by atoms with Gasteiger partial charge in [0.2, 0.25) is 10.0 Å². The van der Waals surface area contributed by atoms with E-state index in [0.717, 1.165) is 24.0 Å². The van der Waals surface area contributed by atoms with Crippen molar-refractivity contribution in [1.82, 2.24) is 15.0 Å². The minimum absolute atomic E-state index is 0.0342. The monoisotopic (exact) mass is 291 g/mol. The summed E-state index contributed by atoms with van der Waals surface area (Å²) in [6.45, 7) is 3.46. The number of aryl methyl sites for hydroxylation is 1. The van der Waals surface area contributed by atoms with E-state index in [1.54, 1.807) is 30.5 Å². The molecule has 20 heavy (non-hydrogen) atoms. The van der Waals surface area contributed by atoms with Crippen LogP contribution in [0.2, 0.25) is 0 Å². The second kappa shape index (κ2) is 5.12. The molecule has 6 heteroatoms. The highest BCUT2D eigenvalue weighted by Gasteiger charge is 2.24. The molecule has 0 aliphatic carbocycles. The van der Waals surface area contributed by atoms with Gasteiger partial charge >= 0.3 is 0 Å². The van der Waals surface area contributed by atoms with Crippen LogP contribution in [0, 0.1) is 6.92 Å². The predicted molar refractivity (Wildman–Crippen MR) is 78.1 cm³/mol. The number of nitrogens with one attached hydrogen (secondary N) is 2. The van der Waals surface area contributed by atoms with Gasteiger partial charge in [-0.1, -0.05) is 6.07 Å². The summed E-state index contributed by atoms with van der Waals surface area (Å²) in [7, 11) is -3.52. The zero-order chi connectivity index (χ0) is 14.2. The van der Waals surface area contributed by atoms with Crippen molar-refractivity contribution in [2.75, 3.05) is 13.1 Å². The lowest BCUT2D eigenvalue weighted by Crippen LogP contribution is -2.36.